The van der Waals surface area contributed by atoms with Crippen LogP contribution in [0.5, 0.6) is 5.75 Å². The van der Waals surface area contributed by atoms with Gasteiger partial charge in [0.1, 0.15) is 29.2 Å². The second-order valence-corrected chi connectivity index (χ2v) is 9.78. The number of ether oxygens (including phenoxy) is 1. The number of nitrogens with zero attached hydrogens (tertiary/aromatic N) is 3. The van der Waals surface area contributed by atoms with Gasteiger partial charge in [-0.1, -0.05) is 12.1 Å². The van der Waals surface area contributed by atoms with Crippen molar-refractivity contribution in [1.82, 2.24) is 14.5 Å². The molecule has 0 aliphatic heterocycles. The summed E-state index contributed by atoms with van der Waals surface area (Å²) in [6.07, 6.45) is 1.57. The van der Waals surface area contributed by atoms with E-state index in [9.17, 15) is 18.7 Å². The minimum atomic E-state index is -1.39. The molecule has 0 fully saturated rings. The summed E-state index contributed by atoms with van der Waals surface area (Å²) in [5.74, 6) is -2.01. The largest absolute Gasteiger partial charge is 0.484 e. The lowest BCUT2D eigenvalue weighted by molar-refractivity contribution is 0.0746. The first-order valence-corrected chi connectivity index (χ1v) is 12.0. The SMILES string of the molecule is Cc1cnc(-c2cccc(C(C)(C)O)c2F)cc1-n1c(C)cc(OC(C)c2ncc(F)cc2F)c(C)c1=O. The van der Waals surface area contributed by atoms with E-state index < -0.39 is 29.2 Å². The minimum Gasteiger partial charge on any atom is -0.484 e. The fraction of sp³-hybridized carbons (Fsp3) is 0.276. The van der Waals surface area contributed by atoms with Gasteiger partial charge in [-0.25, -0.2) is 13.2 Å². The van der Waals surface area contributed by atoms with Crippen LogP contribution < -0.4 is 10.3 Å². The standard InChI is InChI=1S/C29H28F3N3O3/c1-15-13-33-23(20-8-7-9-21(26(20)32)29(5,6)37)12-24(15)35-16(2)10-25(17(3)28(35)36)38-18(4)27-22(31)11-19(30)14-34-27/h7-14,18,37H,1-6H3. The van der Waals surface area contributed by atoms with E-state index in [1.807, 2.05) is 0 Å². The third-order valence-electron chi connectivity index (χ3n) is 6.36. The Morgan fingerprint density at radius 1 is 1.03 bits per heavy atom. The van der Waals surface area contributed by atoms with Crippen molar-refractivity contribution in [2.24, 2.45) is 0 Å². The topological polar surface area (TPSA) is 77.2 Å². The summed E-state index contributed by atoms with van der Waals surface area (Å²) in [5.41, 5.74) is 0.711. The molecule has 0 bridgehead atoms. The molecule has 4 rings (SSSR count). The van der Waals surface area contributed by atoms with Gasteiger partial charge in [0, 0.05) is 35.2 Å². The van der Waals surface area contributed by atoms with E-state index in [2.05, 4.69) is 9.97 Å². The van der Waals surface area contributed by atoms with Gasteiger partial charge in [0.2, 0.25) is 0 Å². The lowest BCUT2D eigenvalue weighted by atomic mass is 9.94. The highest BCUT2D eigenvalue weighted by molar-refractivity contribution is 5.65. The van der Waals surface area contributed by atoms with Crippen molar-refractivity contribution in [3.05, 3.63) is 105 Å². The zero-order valence-corrected chi connectivity index (χ0v) is 21.9. The number of hydrogen-bond donors (Lipinski definition) is 1. The van der Waals surface area contributed by atoms with Crippen molar-refractivity contribution in [3.8, 4) is 22.7 Å². The van der Waals surface area contributed by atoms with Crippen LogP contribution >= 0.6 is 0 Å². The Bertz CT molecular complexity index is 1590. The Morgan fingerprint density at radius 2 is 1.74 bits per heavy atom. The molecule has 0 aliphatic carbocycles. The quantitative estimate of drug-likeness (QED) is 0.335. The number of aliphatic hydroxyl groups is 1. The fourth-order valence-electron chi connectivity index (χ4n) is 4.29. The van der Waals surface area contributed by atoms with E-state index in [0.717, 1.165) is 12.3 Å². The Morgan fingerprint density at radius 3 is 2.39 bits per heavy atom. The molecule has 0 saturated carbocycles. The smallest absolute Gasteiger partial charge is 0.261 e. The molecule has 1 N–H and O–H groups in total. The third-order valence-corrected chi connectivity index (χ3v) is 6.36. The van der Waals surface area contributed by atoms with Crippen LogP contribution in [0.3, 0.4) is 0 Å². The molecule has 6 nitrogen and oxygen atoms in total. The van der Waals surface area contributed by atoms with Crippen molar-refractivity contribution in [2.75, 3.05) is 0 Å². The van der Waals surface area contributed by atoms with Crippen molar-refractivity contribution >= 4 is 0 Å². The maximum atomic E-state index is 15.3. The summed E-state index contributed by atoms with van der Waals surface area (Å²) >= 11 is 0. The van der Waals surface area contributed by atoms with Crippen LogP contribution in [-0.2, 0) is 5.60 Å². The summed E-state index contributed by atoms with van der Waals surface area (Å²) in [6.45, 7) is 9.63. The van der Waals surface area contributed by atoms with Gasteiger partial charge in [-0.3, -0.25) is 19.3 Å². The van der Waals surface area contributed by atoms with E-state index in [1.165, 1.54) is 24.5 Å². The first-order valence-electron chi connectivity index (χ1n) is 12.0. The van der Waals surface area contributed by atoms with Gasteiger partial charge in [0.25, 0.3) is 5.56 Å². The fourth-order valence-corrected chi connectivity index (χ4v) is 4.29. The Balaban J connectivity index is 1.77. The van der Waals surface area contributed by atoms with Gasteiger partial charge in [-0.05, 0) is 59.2 Å². The van der Waals surface area contributed by atoms with Crippen LogP contribution in [-0.4, -0.2) is 19.6 Å². The molecular weight excluding hydrogens is 495 g/mol. The number of halogens is 3. The summed E-state index contributed by atoms with van der Waals surface area (Å²) in [5, 5.41) is 10.4. The predicted octanol–water partition coefficient (Wildman–Crippen LogP) is 6.00. The second kappa shape index (κ2) is 10.1. The summed E-state index contributed by atoms with van der Waals surface area (Å²) < 4.78 is 50.1. The van der Waals surface area contributed by atoms with E-state index in [0.29, 0.717) is 22.6 Å². The molecule has 4 aromatic rings. The van der Waals surface area contributed by atoms with Gasteiger partial charge < -0.3 is 9.84 Å². The van der Waals surface area contributed by atoms with Crippen molar-refractivity contribution in [2.45, 2.75) is 53.2 Å². The zero-order chi connectivity index (χ0) is 27.9. The molecule has 0 saturated heterocycles. The van der Waals surface area contributed by atoms with Crippen LogP contribution in [0, 0.1) is 38.2 Å². The molecular formula is C29H28F3N3O3. The van der Waals surface area contributed by atoms with Crippen LogP contribution in [0.2, 0.25) is 0 Å². The highest BCUT2D eigenvalue weighted by atomic mass is 19.1. The molecule has 9 heteroatoms. The van der Waals surface area contributed by atoms with E-state index in [-0.39, 0.29) is 33.7 Å². The van der Waals surface area contributed by atoms with Crippen LogP contribution in [0.25, 0.3) is 16.9 Å². The molecule has 3 aromatic heterocycles. The first kappa shape index (κ1) is 27.1. The highest BCUT2D eigenvalue weighted by Gasteiger charge is 2.24. The Hall–Kier alpha value is -3.98. The second-order valence-electron chi connectivity index (χ2n) is 9.78. The van der Waals surface area contributed by atoms with Crippen molar-refractivity contribution in [3.63, 3.8) is 0 Å². The zero-order valence-electron chi connectivity index (χ0n) is 21.9. The predicted molar refractivity (Wildman–Crippen MR) is 138 cm³/mol. The first-order chi connectivity index (χ1) is 17.8. The number of benzene rings is 1. The molecule has 198 valence electrons. The van der Waals surface area contributed by atoms with Crippen LogP contribution in [0.15, 0.2) is 53.6 Å². The maximum Gasteiger partial charge on any atom is 0.261 e. The molecule has 0 amide bonds. The summed E-state index contributed by atoms with van der Waals surface area (Å²) in [7, 11) is 0. The molecule has 0 spiro atoms. The van der Waals surface area contributed by atoms with E-state index in [4.69, 9.17) is 4.74 Å². The van der Waals surface area contributed by atoms with E-state index in [1.54, 1.807) is 58.2 Å². The lowest BCUT2D eigenvalue weighted by Crippen LogP contribution is -2.25. The van der Waals surface area contributed by atoms with E-state index >= 15 is 4.39 Å². The van der Waals surface area contributed by atoms with Gasteiger partial charge in [-0.2, -0.15) is 0 Å². The number of aryl methyl sites for hydroxylation is 2. The van der Waals surface area contributed by atoms with Gasteiger partial charge in [-0.15, -0.1) is 0 Å². The molecule has 1 aromatic carbocycles. The Kier molecular flexibility index (Phi) is 7.16. The molecule has 3 heterocycles. The lowest BCUT2D eigenvalue weighted by Gasteiger charge is -2.21. The van der Waals surface area contributed by atoms with Crippen LogP contribution in [0.1, 0.15) is 55.0 Å². The number of rotatable bonds is 6. The number of hydrogen-bond acceptors (Lipinski definition) is 5. The minimum absolute atomic E-state index is 0.0856. The summed E-state index contributed by atoms with van der Waals surface area (Å²) in [6, 6.07) is 8.70. The van der Waals surface area contributed by atoms with Gasteiger partial charge in [0.05, 0.1) is 28.7 Å². The van der Waals surface area contributed by atoms with Gasteiger partial charge in [0.15, 0.2) is 5.82 Å². The molecule has 1 unspecified atom stereocenters. The number of aromatic nitrogens is 3. The number of pyridine rings is 3. The third kappa shape index (κ3) is 5.06. The van der Waals surface area contributed by atoms with Crippen molar-refractivity contribution < 1.29 is 23.0 Å². The monoisotopic (exact) mass is 523 g/mol. The maximum absolute atomic E-state index is 15.3. The van der Waals surface area contributed by atoms with Gasteiger partial charge >= 0.3 is 0 Å². The molecule has 1 atom stereocenters. The average molecular weight is 524 g/mol. The molecule has 0 radical (unpaired) electrons. The van der Waals surface area contributed by atoms with Crippen LogP contribution in [0.4, 0.5) is 13.2 Å². The highest BCUT2D eigenvalue weighted by Crippen LogP contribution is 2.32. The van der Waals surface area contributed by atoms with Crippen molar-refractivity contribution in [1.29, 1.82) is 0 Å². The molecule has 38 heavy (non-hydrogen) atoms. The molecule has 0 aliphatic rings. The average Bonchev–Trinajstić information content (AvgIpc) is 2.83. The Labute approximate surface area is 218 Å². The normalized spacial score (nSPS) is 12.5. The summed E-state index contributed by atoms with van der Waals surface area (Å²) in [4.78, 5) is 21.7.